The van der Waals surface area contributed by atoms with Crippen LogP contribution in [0.15, 0.2) is 71.1 Å². The summed E-state index contributed by atoms with van der Waals surface area (Å²) >= 11 is 5.94. The Bertz CT molecular complexity index is 1180. The van der Waals surface area contributed by atoms with Crippen molar-refractivity contribution in [2.24, 2.45) is 0 Å². The van der Waals surface area contributed by atoms with E-state index in [1.165, 1.54) is 5.56 Å². The van der Waals surface area contributed by atoms with E-state index in [1.807, 2.05) is 36.4 Å². The van der Waals surface area contributed by atoms with E-state index in [-0.39, 0.29) is 12.5 Å². The van der Waals surface area contributed by atoms with Crippen molar-refractivity contribution in [2.75, 3.05) is 11.9 Å². The third-order valence-electron chi connectivity index (χ3n) is 5.19. The molecular weight excluding hydrogens is 412 g/mol. The molecule has 0 aliphatic heterocycles. The van der Waals surface area contributed by atoms with Gasteiger partial charge in [0.05, 0.1) is 0 Å². The maximum atomic E-state index is 12.3. The molecule has 1 heterocycles. The van der Waals surface area contributed by atoms with Crippen molar-refractivity contribution in [3.63, 3.8) is 0 Å². The standard InChI is InChI=1S/C25H23ClN2O3/c1-3-16(2)17-6-11-21(12-7-17)30-15-24(29)27-20-10-13-23-22(14-20)28-25(31-23)18-4-8-19(26)9-5-18/h4-14,16H,3,15H2,1-2H3,(H,27,29). The van der Waals surface area contributed by atoms with Crippen molar-refractivity contribution in [1.29, 1.82) is 0 Å². The molecule has 0 saturated carbocycles. The second-order valence-corrected chi connectivity index (χ2v) is 7.86. The average Bonchev–Trinajstić information content (AvgIpc) is 3.21. The van der Waals surface area contributed by atoms with Gasteiger partial charge in [0.25, 0.3) is 5.91 Å². The van der Waals surface area contributed by atoms with Crippen LogP contribution in [-0.2, 0) is 4.79 Å². The van der Waals surface area contributed by atoms with Crippen molar-refractivity contribution in [2.45, 2.75) is 26.2 Å². The fourth-order valence-electron chi connectivity index (χ4n) is 3.20. The molecule has 1 aromatic heterocycles. The molecule has 3 aromatic carbocycles. The normalized spacial score (nSPS) is 12.0. The van der Waals surface area contributed by atoms with Crippen LogP contribution in [0.5, 0.6) is 5.75 Å². The topological polar surface area (TPSA) is 64.4 Å². The van der Waals surface area contributed by atoms with Crippen LogP contribution in [0.4, 0.5) is 5.69 Å². The zero-order chi connectivity index (χ0) is 21.8. The molecule has 1 amide bonds. The predicted molar refractivity (Wildman–Crippen MR) is 124 cm³/mol. The molecule has 1 atom stereocenters. The SMILES string of the molecule is CCC(C)c1ccc(OCC(=O)Nc2ccc3oc(-c4ccc(Cl)cc4)nc3c2)cc1. The summed E-state index contributed by atoms with van der Waals surface area (Å²) < 4.78 is 11.4. The maximum Gasteiger partial charge on any atom is 0.262 e. The molecule has 1 unspecified atom stereocenters. The van der Waals surface area contributed by atoms with E-state index in [0.717, 1.165) is 12.0 Å². The number of anilines is 1. The van der Waals surface area contributed by atoms with Crippen LogP contribution in [0.3, 0.4) is 0 Å². The minimum Gasteiger partial charge on any atom is -0.484 e. The monoisotopic (exact) mass is 434 g/mol. The molecule has 1 N–H and O–H groups in total. The lowest BCUT2D eigenvalue weighted by atomic mass is 9.99. The second kappa shape index (κ2) is 9.23. The van der Waals surface area contributed by atoms with Crippen LogP contribution in [0.25, 0.3) is 22.6 Å². The first-order chi connectivity index (χ1) is 15.0. The number of nitrogens with zero attached hydrogens (tertiary/aromatic N) is 1. The fourth-order valence-corrected chi connectivity index (χ4v) is 3.32. The van der Waals surface area contributed by atoms with Gasteiger partial charge in [-0.3, -0.25) is 4.79 Å². The first-order valence-corrected chi connectivity index (χ1v) is 10.6. The van der Waals surface area contributed by atoms with Gasteiger partial charge in [-0.05, 0) is 72.5 Å². The van der Waals surface area contributed by atoms with Crippen molar-refractivity contribution in [3.05, 3.63) is 77.3 Å². The van der Waals surface area contributed by atoms with Gasteiger partial charge in [0.1, 0.15) is 11.3 Å². The van der Waals surface area contributed by atoms with Crippen LogP contribution in [0.2, 0.25) is 5.02 Å². The van der Waals surface area contributed by atoms with Gasteiger partial charge < -0.3 is 14.5 Å². The smallest absolute Gasteiger partial charge is 0.262 e. The highest BCUT2D eigenvalue weighted by Crippen LogP contribution is 2.27. The molecule has 0 aliphatic carbocycles. The quantitative estimate of drug-likeness (QED) is 0.352. The highest BCUT2D eigenvalue weighted by molar-refractivity contribution is 6.30. The molecular formula is C25H23ClN2O3. The Hall–Kier alpha value is -3.31. The van der Waals surface area contributed by atoms with Crippen LogP contribution < -0.4 is 10.1 Å². The first-order valence-electron chi connectivity index (χ1n) is 10.2. The van der Waals surface area contributed by atoms with Crippen LogP contribution in [0.1, 0.15) is 31.7 Å². The number of nitrogens with one attached hydrogen (secondary N) is 1. The Morgan fingerprint density at radius 1 is 1.10 bits per heavy atom. The van der Waals surface area contributed by atoms with Crippen molar-refractivity contribution in [3.8, 4) is 17.2 Å². The van der Waals surface area contributed by atoms with E-state index in [2.05, 4.69) is 24.1 Å². The van der Waals surface area contributed by atoms with Crippen molar-refractivity contribution < 1.29 is 13.9 Å². The number of halogens is 1. The number of aromatic nitrogens is 1. The molecule has 0 bridgehead atoms. The third kappa shape index (κ3) is 5.06. The number of oxazole rings is 1. The number of benzene rings is 3. The molecule has 6 heteroatoms. The molecule has 158 valence electrons. The zero-order valence-corrected chi connectivity index (χ0v) is 18.1. The van der Waals surface area contributed by atoms with E-state index >= 15 is 0 Å². The average molecular weight is 435 g/mol. The Morgan fingerprint density at radius 2 is 1.84 bits per heavy atom. The van der Waals surface area contributed by atoms with Gasteiger partial charge in [0, 0.05) is 16.3 Å². The molecule has 4 rings (SSSR count). The van der Waals surface area contributed by atoms with Gasteiger partial charge in [-0.2, -0.15) is 0 Å². The van der Waals surface area contributed by atoms with E-state index < -0.39 is 0 Å². The molecule has 0 spiro atoms. The summed E-state index contributed by atoms with van der Waals surface area (Å²) in [6, 6.07) is 20.5. The molecule has 0 aliphatic rings. The number of ether oxygens (including phenoxy) is 1. The lowest BCUT2D eigenvalue weighted by Crippen LogP contribution is -2.20. The summed E-state index contributed by atoms with van der Waals surface area (Å²) in [5.41, 5.74) is 4.02. The number of hydrogen-bond acceptors (Lipinski definition) is 4. The van der Waals surface area contributed by atoms with Gasteiger partial charge >= 0.3 is 0 Å². The van der Waals surface area contributed by atoms with Crippen LogP contribution in [0, 0.1) is 0 Å². The predicted octanol–water partition coefficient (Wildman–Crippen LogP) is 6.68. The van der Waals surface area contributed by atoms with Gasteiger partial charge in [-0.25, -0.2) is 4.98 Å². The van der Waals surface area contributed by atoms with Crippen LogP contribution in [-0.4, -0.2) is 17.5 Å². The summed E-state index contributed by atoms with van der Waals surface area (Å²) in [6.07, 6.45) is 1.08. The fraction of sp³-hybridized carbons (Fsp3) is 0.200. The van der Waals surface area contributed by atoms with E-state index in [1.54, 1.807) is 30.3 Å². The van der Waals surface area contributed by atoms with Gasteiger partial charge in [-0.15, -0.1) is 0 Å². The summed E-state index contributed by atoms with van der Waals surface area (Å²) in [5, 5.41) is 3.49. The minimum atomic E-state index is -0.244. The van der Waals surface area contributed by atoms with E-state index in [4.69, 9.17) is 20.8 Å². The highest BCUT2D eigenvalue weighted by Gasteiger charge is 2.11. The summed E-state index contributed by atoms with van der Waals surface area (Å²) in [4.78, 5) is 16.8. The number of carbonyl (C=O) groups is 1. The van der Waals surface area contributed by atoms with Gasteiger partial charge in [-0.1, -0.05) is 37.6 Å². The Balaban J connectivity index is 1.38. The lowest BCUT2D eigenvalue weighted by molar-refractivity contribution is -0.118. The molecule has 0 radical (unpaired) electrons. The largest absolute Gasteiger partial charge is 0.484 e. The molecule has 5 nitrogen and oxygen atoms in total. The lowest BCUT2D eigenvalue weighted by Gasteiger charge is -2.11. The minimum absolute atomic E-state index is 0.0739. The van der Waals surface area contributed by atoms with Crippen molar-refractivity contribution in [1.82, 2.24) is 4.98 Å². The summed E-state index contributed by atoms with van der Waals surface area (Å²) in [5.74, 6) is 1.43. The van der Waals surface area contributed by atoms with Gasteiger partial charge in [0.2, 0.25) is 5.89 Å². The first kappa shape index (κ1) is 20.9. The maximum absolute atomic E-state index is 12.3. The molecule has 4 aromatic rings. The number of carbonyl (C=O) groups excluding carboxylic acids is 1. The number of fused-ring (bicyclic) bond motifs is 1. The molecule has 0 fully saturated rings. The summed E-state index contributed by atoms with van der Waals surface area (Å²) in [6.45, 7) is 4.28. The number of rotatable bonds is 7. The Labute approximate surface area is 186 Å². The summed E-state index contributed by atoms with van der Waals surface area (Å²) in [7, 11) is 0. The third-order valence-corrected chi connectivity index (χ3v) is 5.45. The molecule has 0 saturated heterocycles. The highest BCUT2D eigenvalue weighted by atomic mass is 35.5. The van der Waals surface area contributed by atoms with E-state index in [9.17, 15) is 4.79 Å². The Kier molecular flexibility index (Phi) is 6.23. The Morgan fingerprint density at radius 3 is 2.55 bits per heavy atom. The molecule has 31 heavy (non-hydrogen) atoms. The second-order valence-electron chi connectivity index (χ2n) is 7.42. The van der Waals surface area contributed by atoms with Crippen LogP contribution >= 0.6 is 11.6 Å². The number of amides is 1. The van der Waals surface area contributed by atoms with Crippen molar-refractivity contribution >= 4 is 34.3 Å². The zero-order valence-electron chi connectivity index (χ0n) is 17.4. The van der Waals surface area contributed by atoms with E-state index in [0.29, 0.717) is 39.4 Å². The van der Waals surface area contributed by atoms with Gasteiger partial charge in [0.15, 0.2) is 12.2 Å². The number of hydrogen-bond donors (Lipinski definition) is 1.